The van der Waals surface area contributed by atoms with Crippen LogP contribution in [0.1, 0.15) is 17.3 Å². The number of alkyl halides is 2. The Balaban J connectivity index is 2.41. The predicted octanol–water partition coefficient (Wildman–Crippen LogP) is 1.52. The molecule has 1 rings (SSSR count). The van der Waals surface area contributed by atoms with E-state index in [1.54, 1.807) is 12.3 Å². The summed E-state index contributed by atoms with van der Waals surface area (Å²) >= 11 is 0. The van der Waals surface area contributed by atoms with E-state index in [0.717, 1.165) is 0 Å². The van der Waals surface area contributed by atoms with Gasteiger partial charge in [-0.15, -0.1) is 0 Å². The van der Waals surface area contributed by atoms with E-state index in [0.29, 0.717) is 17.8 Å². The predicted molar refractivity (Wildman–Crippen MR) is 67.6 cm³/mol. The molecular weight excluding hydrogens is 256 g/mol. The first kappa shape index (κ1) is 15.3. The highest BCUT2D eigenvalue weighted by Gasteiger charge is 2.10. The Hall–Kier alpha value is -1.76. The molecule has 5 nitrogen and oxygen atoms in total. The first-order chi connectivity index (χ1) is 9.15. The van der Waals surface area contributed by atoms with Crippen LogP contribution in [0.2, 0.25) is 0 Å². The SMILES string of the molecule is CCNc1ccncc1C(=O)NCCOCC(F)F. The van der Waals surface area contributed by atoms with E-state index >= 15 is 0 Å². The van der Waals surface area contributed by atoms with Gasteiger partial charge in [0.15, 0.2) is 0 Å². The van der Waals surface area contributed by atoms with Crippen molar-refractivity contribution < 1.29 is 18.3 Å². The lowest BCUT2D eigenvalue weighted by molar-refractivity contribution is 0.0188. The van der Waals surface area contributed by atoms with E-state index in [4.69, 9.17) is 0 Å². The molecule has 1 heterocycles. The molecule has 0 aliphatic rings. The smallest absolute Gasteiger partial charge is 0.261 e. The van der Waals surface area contributed by atoms with Gasteiger partial charge < -0.3 is 15.4 Å². The lowest BCUT2D eigenvalue weighted by Crippen LogP contribution is -2.28. The van der Waals surface area contributed by atoms with Gasteiger partial charge >= 0.3 is 0 Å². The zero-order valence-corrected chi connectivity index (χ0v) is 10.7. The van der Waals surface area contributed by atoms with Crippen molar-refractivity contribution in [1.82, 2.24) is 10.3 Å². The number of pyridine rings is 1. The van der Waals surface area contributed by atoms with Crippen LogP contribution in [0.15, 0.2) is 18.5 Å². The Labute approximate surface area is 110 Å². The van der Waals surface area contributed by atoms with Crippen molar-refractivity contribution in [3.63, 3.8) is 0 Å². The summed E-state index contributed by atoms with van der Waals surface area (Å²) in [6, 6.07) is 1.70. The largest absolute Gasteiger partial charge is 0.385 e. The van der Waals surface area contributed by atoms with E-state index in [9.17, 15) is 13.6 Å². The topological polar surface area (TPSA) is 63.2 Å². The van der Waals surface area contributed by atoms with Crippen LogP contribution in [0.5, 0.6) is 0 Å². The van der Waals surface area contributed by atoms with Gasteiger partial charge in [0.1, 0.15) is 6.61 Å². The highest BCUT2D eigenvalue weighted by atomic mass is 19.3. The van der Waals surface area contributed by atoms with E-state index in [1.165, 1.54) is 6.20 Å². The average Bonchev–Trinajstić information content (AvgIpc) is 2.39. The molecule has 106 valence electrons. The molecule has 0 fully saturated rings. The number of nitrogens with one attached hydrogen (secondary N) is 2. The summed E-state index contributed by atoms with van der Waals surface area (Å²) in [5, 5.41) is 5.62. The number of anilines is 1. The second-order valence-electron chi connectivity index (χ2n) is 3.67. The first-order valence-electron chi connectivity index (χ1n) is 5.97. The van der Waals surface area contributed by atoms with Gasteiger partial charge in [-0.2, -0.15) is 0 Å². The lowest BCUT2D eigenvalue weighted by Gasteiger charge is -2.10. The third-order valence-electron chi connectivity index (χ3n) is 2.21. The minimum Gasteiger partial charge on any atom is -0.385 e. The van der Waals surface area contributed by atoms with Crippen LogP contribution in [0.3, 0.4) is 0 Å². The highest BCUT2D eigenvalue weighted by Crippen LogP contribution is 2.12. The maximum atomic E-state index is 11.8. The lowest BCUT2D eigenvalue weighted by atomic mass is 10.2. The molecule has 19 heavy (non-hydrogen) atoms. The molecule has 1 amide bonds. The molecule has 0 unspecified atom stereocenters. The number of amides is 1. The molecule has 0 aliphatic carbocycles. The molecule has 0 aromatic carbocycles. The molecule has 7 heteroatoms. The summed E-state index contributed by atoms with van der Waals surface area (Å²) in [7, 11) is 0. The standard InChI is InChI=1S/C12H17F2N3O2/c1-2-16-10-3-4-15-7-9(10)12(18)17-5-6-19-8-11(13)14/h3-4,7,11H,2,5-6,8H2,1H3,(H,15,16)(H,17,18). The summed E-state index contributed by atoms with van der Waals surface area (Å²) < 4.78 is 28.3. The van der Waals surface area contributed by atoms with E-state index < -0.39 is 13.0 Å². The molecule has 0 saturated heterocycles. The number of aromatic nitrogens is 1. The van der Waals surface area contributed by atoms with Crippen LogP contribution in [0.4, 0.5) is 14.5 Å². The summed E-state index contributed by atoms with van der Waals surface area (Å²) in [6.07, 6.45) is 0.544. The van der Waals surface area contributed by atoms with Crippen molar-refractivity contribution in [3.05, 3.63) is 24.0 Å². The Bertz CT molecular complexity index is 402. The monoisotopic (exact) mass is 273 g/mol. The maximum Gasteiger partial charge on any atom is 0.261 e. The van der Waals surface area contributed by atoms with Gasteiger partial charge in [-0.05, 0) is 13.0 Å². The van der Waals surface area contributed by atoms with Gasteiger partial charge in [0.2, 0.25) is 0 Å². The molecule has 0 spiro atoms. The van der Waals surface area contributed by atoms with Crippen molar-refractivity contribution in [2.75, 3.05) is 31.6 Å². The first-order valence-corrected chi connectivity index (χ1v) is 5.97. The van der Waals surface area contributed by atoms with Crippen LogP contribution in [0.25, 0.3) is 0 Å². The normalized spacial score (nSPS) is 10.5. The maximum absolute atomic E-state index is 11.8. The Morgan fingerprint density at radius 3 is 3.00 bits per heavy atom. The third-order valence-corrected chi connectivity index (χ3v) is 2.21. The van der Waals surface area contributed by atoms with Crippen LogP contribution < -0.4 is 10.6 Å². The molecule has 1 aromatic rings. The van der Waals surface area contributed by atoms with E-state index in [1.807, 2.05) is 6.92 Å². The van der Waals surface area contributed by atoms with Crippen LogP contribution in [-0.2, 0) is 4.74 Å². The number of carbonyl (C=O) groups excluding carboxylic acids is 1. The number of hydrogen-bond donors (Lipinski definition) is 2. The summed E-state index contributed by atoms with van der Waals surface area (Å²) in [5.41, 5.74) is 1.10. The van der Waals surface area contributed by atoms with Gasteiger partial charge in [0, 0.05) is 25.5 Å². The number of ether oxygens (including phenoxy) is 1. The molecular formula is C12H17F2N3O2. The zero-order chi connectivity index (χ0) is 14.1. The second-order valence-corrected chi connectivity index (χ2v) is 3.67. The van der Waals surface area contributed by atoms with Crippen molar-refractivity contribution in [2.45, 2.75) is 13.3 Å². The number of halogens is 2. The molecule has 0 saturated carbocycles. The number of hydrogen-bond acceptors (Lipinski definition) is 4. The van der Waals surface area contributed by atoms with Crippen LogP contribution >= 0.6 is 0 Å². The van der Waals surface area contributed by atoms with Gasteiger partial charge in [-0.3, -0.25) is 9.78 Å². The Kier molecular flexibility index (Phi) is 6.73. The number of rotatable bonds is 8. The molecule has 0 aliphatic heterocycles. The number of carbonyl (C=O) groups is 1. The van der Waals surface area contributed by atoms with E-state index in [-0.39, 0.29) is 19.1 Å². The molecule has 0 radical (unpaired) electrons. The third kappa shape index (κ3) is 5.60. The summed E-state index contributed by atoms with van der Waals surface area (Å²) in [4.78, 5) is 15.7. The quantitative estimate of drug-likeness (QED) is 0.705. The van der Waals surface area contributed by atoms with Gasteiger partial charge in [0.05, 0.1) is 17.9 Å². The van der Waals surface area contributed by atoms with Crippen LogP contribution in [0, 0.1) is 0 Å². The van der Waals surface area contributed by atoms with Crippen molar-refractivity contribution >= 4 is 11.6 Å². The van der Waals surface area contributed by atoms with Gasteiger partial charge in [0.25, 0.3) is 12.3 Å². The summed E-state index contributed by atoms with van der Waals surface area (Å²) in [6.45, 7) is 2.20. The van der Waals surface area contributed by atoms with Crippen LogP contribution in [-0.4, -0.2) is 43.6 Å². The average molecular weight is 273 g/mol. The van der Waals surface area contributed by atoms with E-state index in [2.05, 4.69) is 20.4 Å². The summed E-state index contributed by atoms with van der Waals surface area (Å²) in [5.74, 6) is -0.315. The zero-order valence-electron chi connectivity index (χ0n) is 10.7. The molecule has 0 bridgehead atoms. The Morgan fingerprint density at radius 1 is 1.53 bits per heavy atom. The fourth-order valence-electron chi connectivity index (χ4n) is 1.42. The fraction of sp³-hybridized carbons (Fsp3) is 0.500. The van der Waals surface area contributed by atoms with Gasteiger partial charge in [-0.25, -0.2) is 8.78 Å². The van der Waals surface area contributed by atoms with Crippen molar-refractivity contribution in [2.24, 2.45) is 0 Å². The number of nitrogens with zero attached hydrogens (tertiary/aromatic N) is 1. The highest BCUT2D eigenvalue weighted by molar-refractivity contribution is 5.99. The molecule has 2 N–H and O–H groups in total. The molecule has 1 aromatic heterocycles. The Morgan fingerprint density at radius 2 is 2.32 bits per heavy atom. The molecule has 0 atom stereocenters. The van der Waals surface area contributed by atoms with Crippen molar-refractivity contribution in [3.8, 4) is 0 Å². The van der Waals surface area contributed by atoms with Gasteiger partial charge in [-0.1, -0.05) is 0 Å². The fourth-order valence-corrected chi connectivity index (χ4v) is 1.42. The minimum atomic E-state index is -2.49. The minimum absolute atomic E-state index is 0.0485. The second kappa shape index (κ2) is 8.36. The van der Waals surface area contributed by atoms with Crippen molar-refractivity contribution in [1.29, 1.82) is 0 Å².